The highest BCUT2D eigenvalue weighted by atomic mass is 32.1. The van der Waals surface area contributed by atoms with Crippen LogP contribution in [0.5, 0.6) is 0 Å². The summed E-state index contributed by atoms with van der Waals surface area (Å²) in [5, 5.41) is 3.48. The lowest BCUT2D eigenvalue weighted by Crippen LogP contribution is -2.15. The Morgan fingerprint density at radius 3 is 2.56 bits per heavy atom. The van der Waals surface area contributed by atoms with E-state index in [0.29, 0.717) is 17.6 Å². The van der Waals surface area contributed by atoms with E-state index in [2.05, 4.69) is 5.38 Å². The van der Waals surface area contributed by atoms with Gasteiger partial charge in [0.15, 0.2) is 0 Å². The Labute approximate surface area is 112 Å². The van der Waals surface area contributed by atoms with E-state index in [1.807, 2.05) is 0 Å². The average Bonchev–Trinajstić information content (AvgIpc) is 2.90. The molecule has 4 heteroatoms. The molecular formula is C14H19NO2S. The van der Waals surface area contributed by atoms with Crippen LogP contribution in [0.15, 0.2) is 5.38 Å². The van der Waals surface area contributed by atoms with Gasteiger partial charge >= 0.3 is 0 Å². The number of rotatable bonds is 2. The van der Waals surface area contributed by atoms with Crippen LogP contribution in [0.25, 0.3) is 0 Å². The van der Waals surface area contributed by atoms with Gasteiger partial charge < -0.3 is 4.74 Å². The molecule has 98 valence electrons. The Kier molecular flexibility index (Phi) is 3.75. The number of carbonyl (C=O) groups excluding carboxylic acids is 1. The van der Waals surface area contributed by atoms with Crippen LogP contribution >= 0.6 is 11.3 Å². The highest BCUT2D eigenvalue weighted by Gasteiger charge is 2.24. The van der Waals surface area contributed by atoms with Gasteiger partial charge in [0, 0.05) is 43.3 Å². The van der Waals surface area contributed by atoms with Gasteiger partial charge in [0.05, 0.1) is 10.7 Å². The van der Waals surface area contributed by atoms with E-state index in [9.17, 15) is 4.79 Å². The molecule has 0 N–H and O–H groups in total. The molecule has 0 spiro atoms. The summed E-state index contributed by atoms with van der Waals surface area (Å²) in [7, 11) is 0. The van der Waals surface area contributed by atoms with E-state index >= 15 is 0 Å². The summed E-state index contributed by atoms with van der Waals surface area (Å²) in [4.78, 5) is 16.1. The molecule has 3 nitrogen and oxygen atoms in total. The number of thiazole rings is 1. The topological polar surface area (TPSA) is 39.2 Å². The van der Waals surface area contributed by atoms with Gasteiger partial charge in [0.1, 0.15) is 5.78 Å². The maximum atomic E-state index is 11.3. The minimum atomic E-state index is 0.424. The molecule has 1 saturated carbocycles. The average molecular weight is 265 g/mol. The standard InChI is InChI=1S/C14H19NO2S/c16-12-3-1-11(2-4-12)14-15-13(9-18-14)10-5-7-17-8-6-10/h9-11H,1-8H2. The van der Waals surface area contributed by atoms with Crippen molar-refractivity contribution in [3.63, 3.8) is 0 Å². The summed E-state index contributed by atoms with van der Waals surface area (Å²) >= 11 is 1.79. The van der Waals surface area contributed by atoms with Crippen LogP contribution in [0.1, 0.15) is 61.1 Å². The molecule has 18 heavy (non-hydrogen) atoms. The zero-order chi connectivity index (χ0) is 12.4. The van der Waals surface area contributed by atoms with Crippen molar-refractivity contribution >= 4 is 17.1 Å². The number of carbonyl (C=O) groups is 1. The lowest BCUT2D eigenvalue weighted by Gasteiger charge is -2.21. The van der Waals surface area contributed by atoms with Crippen molar-refractivity contribution in [2.24, 2.45) is 0 Å². The summed E-state index contributed by atoms with van der Waals surface area (Å²) in [5.41, 5.74) is 1.26. The van der Waals surface area contributed by atoms with E-state index in [1.54, 1.807) is 11.3 Å². The molecule has 0 bridgehead atoms. The van der Waals surface area contributed by atoms with Crippen molar-refractivity contribution in [3.8, 4) is 0 Å². The second kappa shape index (κ2) is 5.49. The number of hydrogen-bond acceptors (Lipinski definition) is 4. The number of ketones is 1. The second-order valence-electron chi connectivity index (χ2n) is 5.31. The first-order valence-corrected chi connectivity index (χ1v) is 7.75. The van der Waals surface area contributed by atoms with E-state index in [-0.39, 0.29) is 0 Å². The van der Waals surface area contributed by atoms with Crippen LogP contribution in [0.4, 0.5) is 0 Å². The van der Waals surface area contributed by atoms with Crippen molar-refractivity contribution < 1.29 is 9.53 Å². The number of aromatic nitrogens is 1. The lowest BCUT2D eigenvalue weighted by atomic mass is 9.89. The Hall–Kier alpha value is -0.740. The number of nitrogens with zero attached hydrogens (tertiary/aromatic N) is 1. The van der Waals surface area contributed by atoms with Crippen LogP contribution in [0.3, 0.4) is 0 Å². The molecule has 2 aliphatic rings. The number of ether oxygens (including phenoxy) is 1. The van der Waals surface area contributed by atoms with Crippen LogP contribution in [0.2, 0.25) is 0 Å². The summed E-state index contributed by atoms with van der Waals surface area (Å²) in [6.45, 7) is 1.74. The largest absolute Gasteiger partial charge is 0.381 e. The van der Waals surface area contributed by atoms with E-state index in [0.717, 1.165) is 51.7 Å². The van der Waals surface area contributed by atoms with Crippen LogP contribution in [-0.2, 0) is 9.53 Å². The molecule has 1 aromatic heterocycles. The molecule has 0 radical (unpaired) electrons. The first-order valence-electron chi connectivity index (χ1n) is 6.87. The summed E-state index contributed by atoms with van der Waals surface area (Å²) in [6.07, 6.45) is 5.70. The quantitative estimate of drug-likeness (QED) is 0.824. The normalized spacial score (nSPS) is 23.4. The van der Waals surface area contributed by atoms with Gasteiger partial charge in [0.2, 0.25) is 0 Å². The predicted octanol–water partition coefficient (Wildman–Crippen LogP) is 3.26. The van der Waals surface area contributed by atoms with E-state index in [4.69, 9.17) is 9.72 Å². The molecule has 0 unspecified atom stereocenters. The van der Waals surface area contributed by atoms with Crippen molar-refractivity contribution in [1.29, 1.82) is 0 Å². The molecule has 3 rings (SSSR count). The summed E-state index contributed by atoms with van der Waals surface area (Å²) in [5.74, 6) is 1.54. The van der Waals surface area contributed by atoms with E-state index < -0.39 is 0 Å². The molecule has 1 aliphatic carbocycles. The zero-order valence-electron chi connectivity index (χ0n) is 10.6. The number of hydrogen-bond donors (Lipinski definition) is 0. The van der Waals surface area contributed by atoms with E-state index in [1.165, 1.54) is 10.7 Å². The molecule has 0 amide bonds. The fourth-order valence-electron chi connectivity index (χ4n) is 2.86. The van der Waals surface area contributed by atoms with Gasteiger partial charge in [0.25, 0.3) is 0 Å². The first kappa shape index (κ1) is 12.3. The van der Waals surface area contributed by atoms with Gasteiger partial charge in [-0.1, -0.05) is 0 Å². The third kappa shape index (κ3) is 2.64. The fraction of sp³-hybridized carbons (Fsp3) is 0.714. The molecule has 0 aromatic carbocycles. The SMILES string of the molecule is O=C1CCC(c2nc(C3CCOCC3)cs2)CC1. The predicted molar refractivity (Wildman–Crippen MR) is 71.1 cm³/mol. The summed E-state index contributed by atoms with van der Waals surface area (Å²) < 4.78 is 5.39. The summed E-state index contributed by atoms with van der Waals surface area (Å²) in [6, 6.07) is 0. The molecule has 0 atom stereocenters. The maximum absolute atomic E-state index is 11.3. The maximum Gasteiger partial charge on any atom is 0.132 e. The van der Waals surface area contributed by atoms with Crippen molar-refractivity contribution in [1.82, 2.24) is 4.98 Å². The third-order valence-electron chi connectivity index (χ3n) is 4.07. The van der Waals surface area contributed by atoms with Gasteiger partial charge in [-0.25, -0.2) is 4.98 Å². The minimum absolute atomic E-state index is 0.424. The lowest BCUT2D eigenvalue weighted by molar-refractivity contribution is -0.120. The molecule has 1 saturated heterocycles. The van der Waals surface area contributed by atoms with Crippen LogP contribution in [-0.4, -0.2) is 24.0 Å². The Morgan fingerprint density at radius 1 is 1.11 bits per heavy atom. The van der Waals surface area contributed by atoms with Gasteiger partial charge in [-0.15, -0.1) is 11.3 Å². The zero-order valence-corrected chi connectivity index (χ0v) is 11.4. The Bertz CT molecular complexity index is 413. The Balaban J connectivity index is 1.67. The third-order valence-corrected chi connectivity index (χ3v) is 5.10. The van der Waals surface area contributed by atoms with Crippen molar-refractivity contribution in [2.45, 2.75) is 50.4 Å². The fourth-order valence-corrected chi connectivity index (χ4v) is 3.93. The first-order chi connectivity index (χ1) is 8.83. The van der Waals surface area contributed by atoms with Gasteiger partial charge in [-0.05, 0) is 25.7 Å². The molecule has 2 fully saturated rings. The van der Waals surface area contributed by atoms with Crippen LogP contribution in [0, 0.1) is 0 Å². The number of Topliss-reactive ketones (excluding diaryl/α,β-unsaturated/α-hetero) is 1. The minimum Gasteiger partial charge on any atom is -0.381 e. The van der Waals surface area contributed by atoms with Crippen molar-refractivity contribution in [2.75, 3.05) is 13.2 Å². The van der Waals surface area contributed by atoms with Gasteiger partial charge in [-0.2, -0.15) is 0 Å². The molecule has 2 heterocycles. The van der Waals surface area contributed by atoms with Gasteiger partial charge in [-0.3, -0.25) is 4.79 Å². The molecule has 1 aromatic rings. The Morgan fingerprint density at radius 2 is 1.83 bits per heavy atom. The monoisotopic (exact) mass is 265 g/mol. The van der Waals surface area contributed by atoms with Crippen molar-refractivity contribution in [3.05, 3.63) is 16.1 Å². The van der Waals surface area contributed by atoms with Crippen LogP contribution < -0.4 is 0 Å². The molecular weight excluding hydrogens is 246 g/mol. The highest BCUT2D eigenvalue weighted by molar-refractivity contribution is 7.09. The molecule has 1 aliphatic heterocycles. The second-order valence-corrected chi connectivity index (χ2v) is 6.20. The smallest absolute Gasteiger partial charge is 0.132 e. The highest BCUT2D eigenvalue weighted by Crippen LogP contribution is 2.35.